The van der Waals surface area contributed by atoms with Crippen LogP contribution >= 0.6 is 0 Å². The second-order valence-electron chi connectivity index (χ2n) is 5.89. The Balaban J connectivity index is 1.63. The Morgan fingerprint density at radius 2 is 1.85 bits per heavy atom. The molecule has 0 unspecified atom stereocenters. The number of benzene rings is 1. The second-order valence-corrected chi connectivity index (χ2v) is 5.89. The smallest absolute Gasteiger partial charge is 0.228 e. The molecule has 0 radical (unpaired) electrons. The largest absolute Gasteiger partial charge is 0.368 e. The maximum absolute atomic E-state index is 12.2. The first-order valence-electron chi connectivity index (χ1n) is 7.47. The molecule has 4 heteroatoms. The summed E-state index contributed by atoms with van der Waals surface area (Å²) in [6.45, 7) is 9.63. The van der Waals surface area contributed by atoms with Gasteiger partial charge in [-0.25, -0.2) is 0 Å². The number of aryl methyl sites for hydroxylation is 1. The normalized spacial score (nSPS) is 19.9. The summed E-state index contributed by atoms with van der Waals surface area (Å²) in [5, 5.41) is 3.17. The highest BCUT2D eigenvalue weighted by Crippen LogP contribution is 2.24. The van der Waals surface area contributed by atoms with Crippen LogP contribution in [0.5, 0.6) is 0 Å². The van der Waals surface area contributed by atoms with E-state index in [0.29, 0.717) is 5.91 Å². The van der Waals surface area contributed by atoms with Gasteiger partial charge in [0.15, 0.2) is 0 Å². The number of nitrogens with zero attached hydrogens (tertiary/aromatic N) is 2. The second kappa shape index (κ2) is 5.44. The number of carbonyl (C=O) groups excluding carboxylic acids is 1. The molecule has 3 rings (SSSR count). The molecule has 0 aromatic heterocycles. The standard InChI is InChI=1S/C16H23N3O/c1-12-4-3-5-15(13(12)2)18-6-8-19(9-7-18)16(20)14-10-17-11-14/h3-5,14,17H,6-11H2,1-2H3. The molecule has 0 atom stereocenters. The van der Waals surface area contributed by atoms with E-state index in [1.807, 2.05) is 4.90 Å². The van der Waals surface area contributed by atoms with Crippen LogP contribution in [0.3, 0.4) is 0 Å². The van der Waals surface area contributed by atoms with Crippen LogP contribution in [-0.4, -0.2) is 50.1 Å². The van der Waals surface area contributed by atoms with Gasteiger partial charge >= 0.3 is 0 Å². The number of nitrogens with one attached hydrogen (secondary N) is 1. The topological polar surface area (TPSA) is 35.6 Å². The van der Waals surface area contributed by atoms with E-state index in [4.69, 9.17) is 0 Å². The van der Waals surface area contributed by atoms with E-state index in [0.717, 1.165) is 39.3 Å². The van der Waals surface area contributed by atoms with E-state index >= 15 is 0 Å². The Bertz CT molecular complexity index is 502. The molecule has 4 nitrogen and oxygen atoms in total. The highest BCUT2D eigenvalue weighted by Gasteiger charge is 2.31. The molecular weight excluding hydrogens is 250 g/mol. The molecule has 2 saturated heterocycles. The number of amides is 1. The van der Waals surface area contributed by atoms with Crippen LogP contribution in [0.2, 0.25) is 0 Å². The first-order valence-corrected chi connectivity index (χ1v) is 7.47. The van der Waals surface area contributed by atoms with Crippen molar-refractivity contribution in [3.05, 3.63) is 29.3 Å². The SMILES string of the molecule is Cc1cccc(N2CCN(C(=O)C3CNC3)CC2)c1C. The van der Waals surface area contributed by atoms with E-state index in [9.17, 15) is 4.79 Å². The summed E-state index contributed by atoms with van der Waals surface area (Å²) in [5.41, 5.74) is 4.01. The summed E-state index contributed by atoms with van der Waals surface area (Å²) in [6, 6.07) is 6.47. The third kappa shape index (κ3) is 2.40. The van der Waals surface area contributed by atoms with Crippen LogP contribution in [-0.2, 0) is 4.79 Å². The molecule has 2 aliphatic heterocycles. The maximum atomic E-state index is 12.2. The van der Waals surface area contributed by atoms with Gasteiger partial charge in [0.1, 0.15) is 0 Å². The Morgan fingerprint density at radius 1 is 1.15 bits per heavy atom. The maximum Gasteiger partial charge on any atom is 0.228 e. The number of carbonyl (C=O) groups is 1. The minimum atomic E-state index is 0.224. The summed E-state index contributed by atoms with van der Waals surface area (Å²) < 4.78 is 0. The predicted octanol–water partition coefficient (Wildman–Crippen LogP) is 1.17. The lowest BCUT2D eigenvalue weighted by atomic mass is 10.0. The van der Waals surface area contributed by atoms with Crippen molar-refractivity contribution in [1.82, 2.24) is 10.2 Å². The molecular formula is C16H23N3O. The average Bonchev–Trinajstić information content (AvgIpc) is 2.40. The molecule has 0 saturated carbocycles. The third-order valence-corrected chi connectivity index (χ3v) is 4.64. The lowest BCUT2D eigenvalue weighted by Crippen LogP contribution is -2.56. The zero-order valence-corrected chi connectivity index (χ0v) is 12.4. The molecule has 1 amide bonds. The molecule has 1 aromatic rings. The summed E-state index contributed by atoms with van der Waals surface area (Å²) in [6.07, 6.45) is 0. The van der Waals surface area contributed by atoms with Gasteiger partial charge in [-0.2, -0.15) is 0 Å². The van der Waals surface area contributed by atoms with Gasteiger partial charge < -0.3 is 15.1 Å². The molecule has 0 spiro atoms. The monoisotopic (exact) mass is 273 g/mol. The fraction of sp³-hybridized carbons (Fsp3) is 0.562. The summed E-state index contributed by atoms with van der Waals surface area (Å²) in [7, 11) is 0. The van der Waals surface area contributed by atoms with E-state index in [1.165, 1.54) is 16.8 Å². The quantitative estimate of drug-likeness (QED) is 0.878. The fourth-order valence-corrected chi connectivity index (χ4v) is 2.97. The Hall–Kier alpha value is -1.55. The number of piperazine rings is 1. The van der Waals surface area contributed by atoms with Crippen LogP contribution < -0.4 is 10.2 Å². The number of rotatable bonds is 2. The Labute approximate surface area is 120 Å². The highest BCUT2D eigenvalue weighted by molar-refractivity contribution is 5.80. The van der Waals surface area contributed by atoms with Crippen molar-refractivity contribution in [2.75, 3.05) is 44.2 Å². The van der Waals surface area contributed by atoms with Gasteiger partial charge in [-0.3, -0.25) is 4.79 Å². The molecule has 1 N–H and O–H groups in total. The Kier molecular flexibility index (Phi) is 3.66. The molecule has 2 fully saturated rings. The van der Waals surface area contributed by atoms with Crippen molar-refractivity contribution < 1.29 is 4.79 Å². The predicted molar refractivity (Wildman–Crippen MR) is 81.1 cm³/mol. The number of anilines is 1. The zero-order chi connectivity index (χ0) is 14.1. The van der Waals surface area contributed by atoms with Crippen LogP contribution in [0.4, 0.5) is 5.69 Å². The fourth-order valence-electron chi connectivity index (χ4n) is 2.97. The van der Waals surface area contributed by atoms with Crippen LogP contribution in [0.25, 0.3) is 0 Å². The first kappa shape index (κ1) is 13.4. The van der Waals surface area contributed by atoms with Crippen LogP contribution in [0, 0.1) is 19.8 Å². The van der Waals surface area contributed by atoms with Gasteiger partial charge in [-0.05, 0) is 31.0 Å². The first-order chi connectivity index (χ1) is 9.66. The lowest BCUT2D eigenvalue weighted by molar-refractivity contribution is -0.137. The van der Waals surface area contributed by atoms with E-state index in [1.54, 1.807) is 0 Å². The van der Waals surface area contributed by atoms with Gasteiger partial charge in [0, 0.05) is 45.0 Å². The Morgan fingerprint density at radius 3 is 2.45 bits per heavy atom. The molecule has 20 heavy (non-hydrogen) atoms. The molecule has 2 heterocycles. The van der Waals surface area contributed by atoms with Gasteiger partial charge in [-0.15, -0.1) is 0 Å². The van der Waals surface area contributed by atoms with Crippen molar-refractivity contribution in [2.45, 2.75) is 13.8 Å². The van der Waals surface area contributed by atoms with Crippen LogP contribution in [0.1, 0.15) is 11.1 Å². The van der Waals surface area contributed by atoms with Gasteiger partial charge in [0.25, 0.3) is 0 Å². The van der Waals surface area contributed by atoms with E-state index in [2.05, 4.69) is 42.3 Å². The molecule has 0 bridgehead atoms. The van der Waals surface area contributed by atoms with Crippen molar-refractivity contribution in [2.24, 2.45) is 5.92 Å². The van der Waals surface area contributed by atoms with Gasteiger partial charge in [-0.1, -0.05) is 12.1 Å². The minimum Gasteiger partial charge on any atom is -0.368 e. The summed E-state index contributed by atoms with van der Waals surface area (Å²) >= 11 is 0. The summed E-state index contributed by atoms with van der Waals surface area (Å²) in [4.78, 5) is 16.7. The zero-order valence-electron chi connectivity index (χ0n) is 12.4. The molecule has 0 aliphatic carbocycles. The molecule has 2 aliphatic rings. The van der Waals surface area contributed by atoms with Crippen molar-refractivity contribution in [3.63, 3.8) is 0 Å². The third-order valence-electron chi connectivity index (χ3n) is 4.64. The lowest BCUT2D eigenvalue weighted by Gasteiger charge is -2.40. The molecule has 108 valence electrons. The average molecular weight is 273 g/mol. The van der Waals surface area contributed by atoms with Crippen molar-refractivity contribution in [3.8, 4) is 0 Å². The van der Waals surface area contributed by atoms with Crippen LogP contribution in [0.15, 0.2) is 18.2 Å². The van der Waals surface area contributed by atoms with Crippen molar-refractivity contribution >= 4 is 11.6 Å². The highest BCUT2D eigenvalue weighted by atomic mass is 16.2. The van der Waals surface area contributed by atoms with Gasteiger partial charge in [0.05, 0.1) is 5.92 Å². The minimum absolute atomic E-state index is 0.224. The van der Waals surface area contributed by atoms with E-state index < -0.39 is 0 Å². The number of hydrogen-bond donors (Lipinski definition) is 1. The summed E-state index contributed by atoms with van der Waals surface area (Å²) in [5.74, 6) is 0.562. The molecule has 1 aromatic carbocycles. The van der Waals surface area contributed by atoms with E-state index in [-0.39, 0.29) is 5.92 Å². The van der Waals surface area contributed by atoms with Gasteiger partial charge in [0.2, 0.25) is 5.91 Å². The van der Waals surface area contributed by atoms with Crippen molar-refractivity contribution in [1.29, 1.82) is 0 Å². The number of hydrogen-bond acceptors (Lipinski definition) is 3.